The van der Waals surface area contributed by atoms with E-state index in [9.17, 15) is 4.79 Å². The van der Waals surface area contributed by atoms with Gasteiger partial charge in [0.2, 0.25) is 5.91 Å². The summed E-state index contributed by atoms with van der Waals surface area (Å²) in [5.74, 6) is 0.0985. The first-order chi connectivity index (χ1) is 7.76. The van der Waals surface area contributed by atoms with Crippen LogP contribution in [0.1, 0.15) is 39.0 Å². The van der Waals surface area contributed by atoms with Crippen LogP contribution in [-0.4, -0.2) is 38.3 Å². The van der Waals surface area contributed by atoms with E-state index in [4.69, 9.17) is 4.74 Å². The van der Waals surface area contributed by atoms with Crippen molar-refractivity contribution in [2.45, 2.75) is 51.2 Å². The van der Waals surface area contributed by atoms with E-state index >= 15 is 0 Å². The van der Waals surface area contributed by atoms with E-state index < -0.39 is 0 Å². The molecule has 1 rings (SSSR count). The Kier molecular flexibility index (Phi) is 6.42. The number of methoxy groups -OCH3 is 1. The van der Waals surface area contributed by atoms with Gasteiger partial charge in [0.15, 0.2) is 0 Å². The number of hydrogen-bond acceptors (Lipinski definition) is 3. The predicted molar refractivity (Wildman–Crippen MR) is 64.4 cm³/mol. The smallest absolute Gasteiger partial charge is 0.233 e. The second kappa shape index (κ2) is 7.63. The largest absolute Gasteiger partial charge is 0.381 e. The van der Waals surface area contributed by atoms with E-state index in [1.54, 1.807) is 7.11 Å². The Hall–Kier alpha value is -0.610. The zero-order valence-electron chi connectivity index (χ0n) is 10.4. The van der Waals surface area contributed by atoms with E-state index in [-0.39, 0.29) is 5.91 Å². The van der Waals surface area contributed by atoms with Crippen LogP contribution in [0.15, 0.2) is 0 Å². The van der Waals surface area contributed by atoms with Crippen molar-refractivity contribution in [3.8, 4) is 0 Å². The van der Waals surface area contributed by atoms with Crippen molar-refractivity contribution in [2.75, 3.05) is 20.2 Å². The second-order valence-corrected chi connectivity index (χ2v) is 4.45. The van der Waals surface area contributed by atoms with E-state index in [0.29, 0.717) is 18.7 Å². The van der Waals surface area contributed by atoms with Crippen molar-refractivity contribution in [3.63, 3.8) is 0 Å². The summed E-state index contributed by atoms with van der Waals surface area (Å²) >= 11 is 0. The van der Waals surface area contributed by atoms with Gasteiger partial charge in [-0.3, -0.25) is 4.79 Å². The summed E-state index contributed by atoms with van der Waals surface area (Å²) in [5, 5.41) is 6.17. The molecule has 2 N–H and O–H groups in total. The van der Waals surface area contributed by atoms with Crippen LogP contribution >= 0.6 is 0 Å². The van der Waals surface area contributed by atoms with Crippen molar-refractivity contribution in [1.82, 2.24) is 10.6 Å². The molecule has 2 atom stereocenters. The standard InChI is InChI=1S/C12H24N2O2/c1-3-7-13-12(15)9-14-10-5-4-6-11(8-10)16-2/h10-11,14H,3-9H2,1-2H3,(H,13,15). The van der Waals surface area contributed by atoms with Crippen molar-refractivity contribution in [3.05, 3.63) is 0 Å². The molecule has 94 valence electrons. The number of nitrogens with one attached hydrogen (secondary N) is 2. The maximum absolute atomic E-state index is 11.4. The lowest BCUT2D eigenvalue weighted by Crippen LogP contribution is -2.42. The van der Waals surface area contributed by atoms with Crippen molar-refractivity contribution >= 4 is 5.91 Å². The molecule has 1 fully saturated rings. The number of ether oxygens (including phenoxy) is 1. The van der Waals surface area contributed by atoms with Gasteiger partial charge in [0.25, 0.3) is 0 Å². The lowest BCUT2D eigenvalue weighted by molar-refractivity contribution is -0.120. The van der Waals surface area contributed by atoms with Crippen LogP contribution in [0.5, 0.6) is 0 Å². The molecule has 4 heteroatoms. The van der Waals surface area contributed by atoms with E-state index in [1.165, 1.54) is 6.42 Å². The Bertz CT molecular complexity index is 209. The molecule has 16 heavy (non-hydrogen) atoms. The summed E-state index contributed by atoms with van der Waals surface area (Å²) in [4.78, 5) is 11.4. The minimum absolute atomic E-state index is 0.0985. The lowest BCUT2D eigenvalue weighted by Gasteiger charge is -2.28. The molecule has 1 aliphatic rings. The highest BCUT2D eigenvalue weighted by molar-refractivity contribution is 5.77. The number of amides is 1. The SMILES string of the molecule is CCCNC(=O)CNC1CCCC(OC)C1. The second-order valence-electron chi connectivity index (χ2n) is 4.45. The summed E-state index contributed by atoms with van der Waals surface area (Å²) in [6, 6.07) is 0.436. The zero-order chi connectivity index (χ0) is 11.8. The third kappa shape index (κ3) is 4.94. The predicted octanol–water partition coefficient (Wildman–Crippen LogP) is 1.06. The first kappa shape index (κ1) is 13.5. The lowest BCUT2D eigenvalue weighted by atomic mass is 9.93. The Morgan fingerprint density at radius 2 is 2.25 bits per heavy atom. The quantitative estimate of drug-likeness (QED) is 0.714. The van der Waals surface area contributed by atoms with Crippen LogP contribution in [0.25, 0.3) is 0 Å². The molecule has 0 aromatic heterocycles. The molecule has 0 aromatic rings. The van der Waals surface area contributed by atoms with Gasteiger partial charge >= 0.3 is 0 Å². The molecule has 0 bridgehead atoms. The van der Waals surface area contributed by atoms with Gasteiger partial charge in [-0.1, -0.05) is 6.92 Å². The minimum atomic E-state index is 0.0985. The average molecular weight is 228 g/mol. The number of carbonyl (C=O) groups is 1. The normalized spacial score (nSPS) is 25.4. The molecule has 1 aliphatic carbocycles. The first-order valence-electron chi connectivity index (χ1n) is 6.29. The van der Waals surface area contributed by atoms with Gasteiger partial charge in [0, 0.05) is 19.7 Å². The zero-order valence-corrected chi connectivity index (χ0v) is 10.4. The molecule has 0 spiro atoms. The van der Waals surface area contributed by atoms with Gasteiger partial charge in [-0.2, -0.15) is 0 Å². The van der Waals surface area contributed by atoms with Crippen LogP contribution in [-0.2, 0) is 9.53 Å². The maximum atomic E-state index is 11.4. The Morgan fingerprint density at radius 1 is 1.44 bits per heavy atom. The summed E-state index contributed by atoms with van der Waals surface area (Å²) in [5.41, 5.74) is 0. The van der Waals surface area contributed by atoms with Gasteiger partial charge in [0.05, 0.1) is 12.6 Å². The number of rotatable bonds is 6. The summed E-state index contributed by atoms with van der Waals surface area (Å²) in [6.07, 6.45) is 5.87. The van der Waals surface area contributed by atoms with Crippen molar-refractivity contribution < 1.29 is 9.53 Å². The van der Waals surface area contributed by atoms with Crippen LogP contribution in [0.2, 0.25) is 0 Å². The Labute approximate surface area is 98.1 Å². The molecular weight excluding hydrogens is 204 g/mol. The van der Waals surface area contributed by atoms with Crippen LogP contribution < -0.4 is 10.6 Å². The molecule has 1 amide bonds. The molecule has 0 radical (unpaired) electrons. The Balaban J connectivity index is 2.14. The minimum Gasteiger partial charge on any atom is -0.381 e. The molecule has 2 unspecified atom stereocenters. The summed E-state index contributed by atoms with van der Waals surface area (Å²) in [7, 11) is 1.76. The maximum Gasteiger partial charge on any atom is 0.233 e. The fraction of sp³-hybridized carbons (Fsp3) is 0.917. The van der Waals surface area contributed by atoms with E-state index in [2.05, 4.69) is 17.6 Å². The fourth-order valence-corrected chi connectivity index (χ4v) is 2.11. The van der Waals surface area contributed by atoms with Crippen LogP contribution in [0.4, 0.5) is 0 Å². The monoisotopic (exact) mass is 228 g/mol. The first-order valence-corrected chi connectivity index (χ1v) is 6.29. The molecule has 4 nitrogen and oxygen atoms in total. The molecular formula is C12H24N2O2. The van der Waals surface area contributed by atoms with Crippen LogP contribution in [0.3, 0.4) is 0 Å². The van der Waals surface area contributed by atoms with E-state index in [0.717, 1.165) is 32.2 Å². The molecule has 0 heterocycles. The summed E-state index contributed by atoms with van der Waals surface area (Å²) in [6.45, 7) is 3.25. The van der Waals surface area contributed by atoms with Gasteiger partial charge in [-0.05, 0) is 32.1 Å². The molecule has 1 saturated carbocycles. The van der Waals surface area contributed by atoms with Crippen molar-refractivity contribution in [2.24, 2.45) is 0 Å². The van der Waals surface area contributed by atoms with Crippen LogP contribution in [0, 0.1) is 0 Å². The summed E-state index contributed by atoms with van der Waals surface area (Å²) < 4.78 is 5.35. The fourth-order valence-electron chi connectivity index (χ4n) is 2.11. The van der Waals surface area contributed by atoms with Gasteiger partial charge in [-0.25, -0.2) is 0 Å². The third-order valence-electron chi connectivity index (χ3n) is 3.08. The number of hydrogen-bond donors (Lipinski definition) is 2. The highest BCUT2D eigenvalue weighted by Crippen LogP contribution is 2.20. The average Bonchev–Trinajstić information content (AvgIpc) is 2.34. The molecule has 0 saturated heterocycles. The molecule has 0 aliphatic heterocycles. The van der Waals surface area contributed by atoms with Gasteiger partial charge in [-0.15, -0.1) is 0 Å². The van der Waals surface area contributed by atoms with Crippen molar-refractivity contribution in [1.29, 1.82) is 0 Å². The molecule has 0 aromatic carbocycles. The topological polar surface area (TPSA) is 50.4 Å². The Morgan fingerprint density at radius 3 is 2.94 bits per heavy atom. The number of carbonyl (C=O) groups excluding carboxylic acids is 1. The highest BCUT2D eigenvalue weighted by Gasteiger charge is 2.21. The highest BCUT2D eigenvalue weighted by atomic mass is 16.5. The van der Waals surface area contributed by atoms with Gasteiger partial charge < -0.3 is 15.4 Å². The van der Waals surface area contributed by atoms with E-state index in [1.807, 2.05) is 0 Å². The van der Waals surface area contributed by atoms with Gasteiger partial charge in [0.1, 0.15) is 0 Å². The third-order valence-corrected chi connectivity index (χ3v) is 3.08.